The summed E-state index contributed by atoms with van der Waals surface area (Å²) in [5, 5.41) is 15.7. The van der Waals surface area contributed by atoms with E-state index in [1.807, 2.05) is 0 Å². The third-order valence-electron chi connectivity index (χ3n) is 2.72. The number of aromatic nitrogens is 2. The number of carboxylic acid groups (broad SMARTS) is 1. The lowest BCUT2D eigenvalue weighted by atomic mass is 10.2. The average molecular weight is 338 g/mol. The van der Waals surface area contributed by atoms with Gasteiger partial charge in [-0.05, 0) is 41.1 Å². The zero-order valence-electron chi connectivity index (χ0n) is 10.8. The standard InChI is InChI=1S/C13H12BrN3O3/c1-7-9(6-17(2)16-7)12(18)15-11-4-3-8(13(19)20)5-10(11)14/h3-6H,1-2H3,(H,15,18)(H,19,20). The second-order valence-corrected chi connectivity index (χ2v) is 5.11. The first-order valence-corrected chi connectivity index (χ1v) is 6.52. The number of amides is 1. The maximum absolute atomic E-state index is 12.1. The van der Waals surface area contributed by atoms with Crippen molar-refractivity contribution in [2.24, 2.45) is 7.05 Å². The van der Waals surface area contributed by atoms with Crippen LogP contribution in [0.5, 0.6) is 0 Å². The molecule has 0 saturated carbocycles. The van der Waals surface area contributed by atoms with Crippen LogP contribution in [0.15, 0.2) is 28.9 Å². The van der Waals surface area contributed by atoms with Gasteiger partial charge in [0.05, 0.1) is 22.5 Å². The maximum atomic E-state index is 12.1. The van der Waals surface area contributed by atoms with Crippen LogP contribution in [0, 0.1) is 6.92 Å². The Hall–Kier alpha value is -2.15. The first-order valence-electron chi connectivity index (χ1n) is 5.73. The van der Waals surface area contributed by atoms with Crippen molar-refractivity contribution >= 4 is 33.5 Å². The number of nitrogens with zero attached hydrogens (tertiary/aromatic N) is 2. The minimum atomic E-state index is -1.02. The molecule has 7 heteroatoms. The second kappa shape index (κ2) is 5.46. The molecule has 0 bridgehead atoms. The normalized spacial score (nSPS) is 10.3. The van der Waals surface area contributed by atoms with E-state index >= 15 is 0 Å². The number of nitrogens with one attached hydrogen (secondary N) is 1. The number of rotatable bonds is 3. The number of hydrogen-bond acceptors (Lipinski definition) is 3. The molecule has 0 spiro atoms. The molecular weight excluding hydrogens is 326 g/mol. The number of anilines is 1. The van der Waals surface area contributed by atoms with Crippen molar-refractivity contribution in [3.63, 3.8) is 0 Å². The summed E-state index contributed by atoms with van der Waals surface area (Å²) in [4.78, 5) is 23.0. The van der Waals surface area contributed by atoms with Crippen molar-refractivity contribution in [1.29, 1.82) is 0 Å². The van der Waals surface area contributed by atoms with Crippen molar-refractivity contribution in [3.8, 4) is 0 Å². The van der Waals surface area contributed by atoms with Crippen LogP contribution in [-0.2, 0) is 7.05 Å². The third-order valence-corrected chi connectivity index (χ3v) is 3.38. The maximum Gasteiger partial charge on any atom is 0.335 e. The number of benzene rings is 1. The van der Waals surface area contributed by atoms with Crippen LogP contribution in [0.3, 0.4) is 0 Å². The predicted octanol–water partition coefficient (Wildman–Crippen LogP) is 2.44. The summed E-state index contributed by atoms with van der Waals surface area (Å²) in [5.41, 5.74) is 1.75. The highest BCUT2D eigenvalue weighted by atomic mass is 79.9. The van der Waals surface area contributed by atoms with E-state index in [2.05, 4.69) is 26.3 Å². The van der Waals surface area contributed by atoms with Crippen molar-refractivity contribution < 1.29 is 14.7 Å². The van der Waals surface area contributed by atoms with Crippen LogP contribution in [0.1, 0.15) is 26.4 Å². The molecule has 1 amide bonds. The molecule has 0 atom stereocenters. The topological polar surface area (TPSA) is 84.2 Å². The molecule has 1 heterocycles. The number of carbonyl (C=O) groups is 2. The molecule has 0 aliphatic carbocycles. The molecule has 1 aromatic carbocycles. The fourth-order valence-corrected chi connectivity index (χ4v) is 2.24. The number of aromatic carboxylic acids is 1. The van der Waals surface area contributed by atoms with Gasteiger partial charge in [0, 0.05) is 17.7 Å². The largest absolute Gasteiger partial charge is 0.478 e. The zero-order chi connectivity index (χ0) is 14.9. The summed E-state index contributed by atoms with van der Waals surface area (Å²) in [6.07, 6.45) is 1.63. The van der Waals surface area contributed by atoms with Crippen LogP contribution >= 0.6 is 15.9 Å². The van der Waals surface area contributed by atoms with E-state index in [0.717, 1.165) is 0 Å². The van der Waals surface area contributed by atoms with Crippen molar-refractivity contribution in [2.45, 2.75) is 6.92 Å². The van der Waals surface area contributed by atoms with Crippen LogP contribution < -0.4 is 5.32 Å². The summed E-state index contributed by atoms with van der Waals surface area (Å²) in [6.45, 7) is 1.75. The highest BCUT2D eigenvalue weighted by Crippen LogP contribution is 2.24. The van der Waals surface area contributed by atoms with E-state index in [1.165, 1.54) is 18.2 Å². The molecule has 0 aliphatic rings. The minimum Gasteiger partial charge on any atom is -0.478 e. The zero-order valence-corrected chi connectivity index (χ0v) is 12.4. The molecule has 0 unspecified atom stereocenters. The summed E-state index contributed by atoms with van der Waals surface area (Å²) in [5.74, 6) is -1.31. The lowest BCUT2D eigenvalue weighted by molar-refractivity contribution is 0.0696. The minimum absolute atomic E-state index is 0.146. The third kappa shape index (κ3) is 2.88. The number of carbonyl (C=O) groups excluding carboxylic acids is 1. The van der Waals surface area contributed by atoms with E-state index < -0.39 is 5.97 Å². The Morgan fingerprint density at radius 3 is 2.60 bits per heavy atom. The van der Waals surface area contributed by atoms with Gasteiger partial charge in [-0.1, -0.05) is 0 Å². The Bertz CT molecular complexity index is 694. The highest BCUT2D eigenvalue weighted by molar-refractivity contribution is 9.10. The van der Waals surface area contributed by atoms with Gasteiger partial charge in [0.2, 0.25) is 0 Å². The fourth-order valence-electron chi connectivity index (χ4n) is 1.76. The first-order chi connectivity index (χ1) is 9.38. The van der Waals surface area contributed by atoms with Crippen LogP contribution in [0.25, 0.3) is 0 Å². The predicted molar refractivity (Wildman–Crippen MR) is 77.0 cm³/mol. The van der Waals surface area contributed by atoms with Gasteiger partial charge in [0.15, 0.2) is 0 Å². The molecule has 0 aliphatic heterocycles. The Kier molecular flexibility index (Phi) is 3.89. The molecule has 6 nitrogen and oxygen atoms in total. The Morgan fingerprint density at radius 1 is 1.40 bits per heavy atom. The lowest BCUT2D eigenvalue weighted by Gasteiger charge is -2.07. The van der Waals surface area contributed by atoms with Gasteiger partial charge in [-0.3, -0.25) is 9.48 Å². The summed E-state index contributed by atoms with van der Waals surface area (Å²) in [7, 11) is 1.74. The lowest BCUT2D eigenvalue weighted by Crippen LogP contribution is -2.13. The number of carboxylic acids is 1. The monoisotopic (exact) mass is 337 g/mol. The van der Waals surface area contributed by atoms with Gasteiger partial charge in [-0.25, -0.2) is 4.79 Å². The van der Waals surface area contributed by atoms with Gasteiger partial charge in [0.25, 0.3) is 5.91 Å². The number of hydrogen-bond donors (Lipinski definition) is 2. The molecule has 0 saturated heterocycles. The molecule has 0 fully saturated rings. The van der Waals surface area contributed by atoms with Crippen LogP contribution in [-0.4, -0.2) is 26.8 Å². The molecule has 2 aromatic rings. The molecule has 2 rings (SSSR count). The van der Waals surface area contributed by atoms with Gasteiger partial charge in [-0.2, -0.15) is 5.10 Å². The summed E-state index contributed by atoms with van der Waals surface area (Å²) < 4.78 is 2.07. The second-order valence-electron chi connectivity index (χ2n) is 4.26. The molecular formula is C13H12BrN3O3. The van der Waals surface area contributed by atoms with Gasteiger partial charge >= 0.3 is 5.97 Å². The average Bonchev–Trinajstić information content (AvgIpc) is 2.70. The first kappa shape index (κ1) is 14.3. The smallest absolute Gasteiger partial charge is 0.335 e. The van der Waals surface area contributed by atoms with E-state index in [4.69, 9.17) is 5.11 Å². The number of halogens is 1. The SMILES string of the molecule is Cc1nn(C)cc1C(=O)Nc1ccc(C(=O)O)cc1Br. The number of aryl methyl sites for hydroxylation is 2. The van der Waals surface area contributed by atoms with Gasteiger partial charge in [-0.15, -0.1) is 0 Å². The molecule has 2 N–H and O–H groups in total. The highest BCUT2D eigenvalue weighted by Gasteiger charge is 2.14. The van der Waals surface area contributed by atoms with Crippen molar-refractivity contribution in [3.05, 3.63) is 45.7 Å². The Balaban J connectivity index is 2.24. The molecule has 104 valence electrons. The van der Waals surface area contributed by atoms with Crippen LogP contribution in [0.2, 0.25) is 0 Å². The van der Waals surface area contributed by atoms with Crippen molar-refractivity contribution in [1.82, 2.24) is 9.78 Å². The van der Waals surface area contributed by atoms with Gasteiger partial charge < -0.3 is 10.4 Å². The molecule has 0 radical (unpaired) electrons. The van der Waals surface area contributed by atoms with E-state index in [9.17, 15) is 9.59 Å². The Morgan fingerprint density at radius 2 is 2.10 bits per heavy atom. The molecule has 1 aromatic heterocycles. The fraction of sp³-hybridized carbons (Fsp3) is 0.154. The summed E-state index contributed by atoms with van der Waals surface area (Å²) in [6, 6.07) is 4.41. The van der Waals surface area contributed by atoms with Crippen LogP contribution in [0.4, 0.5) is 5.69 Å². The van der Waals surface area contributed by atoms with E-state index in [-0.39, 0.29) is 11.5 Å². The Labute approximate surface area is 123 Å². The summed E-state index contributed by atoms with van der Waals surface area (Å²) >= 11 is 3.24. The van der Waals surface area contributed by atoms with E-state index in [0.29, 0.717) is 21.4 Å². The van der Waals surface area contributed by atoms with Gasteiger partial charge in [0.1, 0.15) is 0 Å². The quantitative estimate of drug-likeness (QED) is 0.900. The van der Waals surface area contributed by atoms with E-state index in [1.54, 1.807) is 24.9 Å². The molecule has 20 heavy (non-hydrogen) atoms. The van der Waals surface area contributed by atoms with Crippen molar-refractivity contribution in [2.75, 3.05) is 5.32 Å².